The molecule has 63 heavy (non-hydrogen) atoms. The third kappa shape index (κ3) is 9.33. The fraction of sp³-hybridized carbons (Fsp3) is 0.222. The van der Waals surface area contributed by atoms with Crippen LogP contribution in [0.15, 0.2) is 170 Å². The van der Waals surface area contributed by atoms with E-state index < -0.39 is 12.1 Å². The van der Waals surface area contributed by atoms with Crippen molar-refractivity contribution in [3.8, 4) is 11.3 Å². The lowest BCUT2D eigenvalue weighted by molar-refractivity contribution is -0.138. The Bertz CT molecular complexity index is 2690. The second-order valence-corrected chi connectivity index (χ2v) is 16.7. The molecule has 0 saturated carbocycles. The van der Waals surface area contributed by atoms with Crippen LogP contribution in [0.4, 0.5) is 11.4 Å². The van der Waals surface area contributed by atoms with Crippen LogP contribution in [0.5, 0.6) is 0 Å². The van der Waals surface area contributed by atoms with Gasteiger partial charge in [-0.15, -0.1) is 0 Å². The molecule has 1 aromatic heterocycles. The van der Waals surface area contributed by atoms with Gasteiger partial charge in [-0.05, 0) is 103 Å². The van der Waals surface area contributed by atoms with Gasteiger partial charge in [0.2, 0.25) is 23.6 Å². The molecule has 2 unspecified atom stereocenters. The van der Waals surface area contributed by atoms with Gasteiger partial charge >= 0.3 is 0 Å². The van der Waals surface area contributed by atoms with Crippen molar-refractivity contribution in [3.63, 3.8) is 0 Å². The third-order valence-corrected chi connectivity index (χ3v) is 12.6. The number of aromatic nitrogens is 1. The number of fused-ring (bicyclic) bond motifs is 1. The van der Waals surface area contributed by atoms with Crippen molar-refractivity contribution in [2.24, 2.45) is 0 Å². The standard InChI is InChI=1S/C54H51N5O4/c60-51(49-23-13-31-58(49)53(62)45(39-19-9-3-10-20-39)33-37-15-5-1-6-16-37)55-43-27-25-41(26-28-43)48-36-42-35-44(29-30-47(42)57-48)56-52(61)50-24-14-32-59(50)54(63)46(40-21-11-4-12-22-40)34-38-17-7-2-8-18-38/h1-12,15-22,25-30,35-36,45-46,49-50,57H,13-14,23-24,31-34H2,(H,55,60)(H,56,61)/t45?,46?,49-,50-/m0/s1. The smallest absolute Gasteiger partial charge is 0.247 e. The van der Waals surface area contributed by atoms with Gasteiger partial charge in [-0.25, -0.2) is 0 Å². The first kappa shape index (κ1) is 41.1. The molecule has 3 N–H and O–H groups in total. The fourth-order valence-corrected chi connectivity index (χ4v) is 9.32. The van der Waals surface area contributed by atoms with Crippen LogP contribution < -0.4 is 10.6 Å². The average Bonchev–Trinajstić information content (AvgIpc) is 4.12. The molecule has 4 amide bonds. The zero-order valence-corrected chi connectivity index (χ0v) is 35.2. The largest absolute Gasteiger partial charge is 0.355 e. The van der Waals surface area contributed by atoms with Crippen molar-refractivity contribution in [1.82, 2.24) is 14.8 Å². The zero-order valence-electron chi connectivity index (χ0n) is 35.2. The highest BCUT2D eigenvalue weighted by Gasteiger charge is 2.39. The number of nitrogens with one attached hydrogen (secondary N) is 3. The van der Waals surface area contributed by atoms with E-state index in [2.05, 4.69) is 15.6 Å². The Kier molecular flexibility index (Phi) is 12.3. The maximum absolute atomic E-state index is 14.2. The average molecular weight is 834 g/mol. The molecule has 316 valence electrons. The van der Waals surface area contributed by atoms with E-state index >= 15 is 0 Å². The number of anilines is 2. The minimum absolute atomic E-state index is 0.0262. The minimum Gasteiger partial charge on any atom is -0.355 e. The summed E-state index contributed by atoms with van der Waals surface area (Å²) in [7, 11) is 0. The number of likely N-dealkylation sites (tertiary alicyclic amines) is 2. The van der Waals surface area contributed by atoms with E-state index in [-0.39, 0.29) is 35.5 Å². The Hall–Kier alpha value is -7.26. The predicted octanol–water partition coefficient (Wildman–Crippen LogP) is 9.75. The van der Waals surface area contributed by atoms with Gasteiger partial charge < -0.3 is 25.4 Å². The van der Waals surface area contributed by atoms with Gasteiger partial charge in [0.1, 0.15) is 12.1 Å². The third-order valence-electron chi connectivity index (χ3n) is 12.6. The quantitative estimate of drug-likeness (QED) is 0.107. The topological polar surface area (TPSA) is 115 Å². The minimum atomic E-state index is -0.556. The first-order chi connectivity index (χ1) is 30.9. The number of benzene rings is 6. The summed E-state index contributed by atoms with van der Waals surface area (Å²) in [5, 5.41) is 7.12. The SMILES string of the molecule is O=C(Nc1ccc(-c2cc3cc(NC(=O)[C@@H]4CCCN4C(=O)C(Cc4ccccc4)c4ccccc4)ccc3[nH]2)cc1)[C@@H]1CCCN1C(=O)C(Cc1ccccc1)c1ccccc1. The van der Waals surface area contributed by atoms with Crippen molar-refractivity contribution >= 4 is 45.9 Å². The number of H-pyrrole nitrogens is 1. The van der Waals surface area contributed by atoms with Crippen molar-refractivity contribution in [2.45, 2.75) is 62.4 Å². The number of hydrogen-bond acceptors (Lipinski definition) is 4. The number of carbonyl (C=O) groups is 4. The summed E-state index contributed by atoms with van der Waals surface area (Å²) in [5.74, 6) is -1.20. The fourth-order valence-electron chi connectivity index (χ4n) is 9.32. The molecule has 3 heterocycles. The summed E-state index contributed by atoms with van der Waals surface area (Å²) in [6.07, 6.45) is 3.88. The van der Waals surface area contributed by atoms with E-state index in [1.807, 2.05) is 170 Å². The summed E-state index contributed by atoms with van der Waals surface area (Å²) >= 11 is 0. The van der Waals surface area contributed by atoms with Gasteiger partial charge in [0.15, 0.2) is 0 Å². The number of carbonyl (C=O) groups excluding carboxylic acids is 4. The summed E-state index contributed by atoms with van der Waals surface area (Å²) in [6.45, 7) is 1.09. The molecule has 0 bridgehead atoms. The molecule has 9 heteroatoms. The van der Waals surface area contributed by atoms with Crippen LogP contribution in [0.2, 0.25) is 0 Å². The summed E-state index contributed by atoms with van der Waals surface area (Å²) in [5.41, 5.74) is 8.10. The molecule has 0 aliphatic carbocycles. The summed E-state index contributed by atoms with van der Waals surface area (Å²) < 4.78 is 0. The van der Waals surface area contributed by atoms with E-state index in [0.29, 0.717) is 50.1 Å². The van der Waals surface area contributed by atoms with E-state index in [0.717, 1.165) is 57.3 Å². The van der Waals surface area contributed by atoms with Gasteiger partial charge in [0, 0.05) is 41.1 Å². The maximum atomic E-state index is 14.2. The molecule has 2 fully saturated rings. The molecule has 2 aliphatic rings. The Morgan fingerprint density at radius 2 is 0.968 bits per heavy atom. The Morgan fingerprint density at radius 1 is 0.524 bits per heavy atom. The van der Waals surface area contributed by atoms with Gasteiger partial charge in [0.25, 0.3) is 0 Å². The first-order valence-electron chi connectivity index (χ1n) is 22.0. The van der Waals surface area contributed by atoms with Crippen LogP contribution in [-0.4, -0.2) is 63.6 Å². The highest BCUT2D eigenvalue weighted by Crippen LogP contribution is 2.32. The zero-order chi connectivity index (χ0) is 43.1. The lowest BCUT2D eigenvalue weighted by Gasteiger charge is -2.28. The highest BCUT2D eigenvalue weighted by atomic mass is 16.2. The highest BCUT2D eigenvalue weighted by molar-refractivity contribution is 6.01. The van der Waals surface area contributed by atoms with Crippen molar-refractivity contribution in [1.29, 1.82) is 0 Å². The van der Waals surface area contributed by atoms with Gasteiger partial charge in [-0.2, -0.15) is 0 Å². The van der Waals surface area contributed by atoms with Crippen molar-refractivity contribution in [2.75, 3.05) is 23.7 Å². The lowest BCUT2D eigenvalue weighted by atomic mass is 9.90. The molecular formula is C54H51N5O4. The Morgan fingerprint density at radius 3 is 1.46 bits per heavy atom. The number of rotatable bonds is 13. The molecule has 9 nitrogen and oxygen atoms in total. The maximum Gasteiger partial charge on any atom is 0.247 e. The second kappa shape index (κ2) is 18.8. The Labute approximate surface area is 368 Å². The normalized spacial score (nSPS) is 17.0. The Balaban J connectivity index is 0.843. The van der Waals surface area contributed by atoms with Gasteiger partial charge in [-0.1, -0.05) is 133 Å². The second-order valence-electron chi connectivity index (χ2n) is 16.7. The molecule has 2 aliphatic heterocycles. The molecular weight excluding hydrogens is 783 g/mol. The molecule has 0 radical (unpaired) electrons. The van der Waals surface area contributed by atoms with E-state index in [9.17, 15) is 19.2 Å². The predicted molar refractivity (Wildman–Crippen MR) is 249 cm³/mol. The summed E-state index contributed by atoms with van der Waals surface area (Å²) in [6, 6.07) is 54.1. The van der Waals surface area contributed by atoms with Crippen LogP contribution in [0.25, 0.3) is 22.2 Å². The van der Waals surface area contributed by atoms with Crippen LogP contribution >= 0.6 is 0 Å². The molecule has 6 aromatic carbocycles. The molecule has 0 spiro atoms. The monoisotopic (exact) mass is 833 g/mol. The number of aromatic amines is 1. The van der Waals surface area contributed by atoms with E-state index in [1.54, 1.807) is 9.80 Å². The molecule has 2 saturated heterocycles. The first-order valence-corrected chi connectivity index (χ1v) is 22.0. The van der Waals surface area contributed by atoms with Crippen molar-refractivity contribution < 1.29 is 19.2 Å². The summed E-state index contributed by atoms with van der Waals surface area (Å²) in [4.78, 5) is 63.0. The van der Waals surface area contributed by atoms with Crippen LogP contribution in [0.3, 0.4) is 0 Å². The van der Waals surface area contributed by atoms with Crippen LogP contribution in [-0.2, 0) is 32.0 Å². The van der Waals surface area contributed by atoms with Gasteiger partial charge in [-0.3, -0.25) is 19.2 Å². The van der Waals surface area contributed by atoms with Crippen LogP contribution in [0.1, 0.15) is 59.8 Å². The lowest BCUT2D eigenvalue weighted by Crippen LogP contribution is -2.45. The molecule has 4 atom stereocenters. The van der Waals surface area contributed by atoms with Crippen molar-refractivity contribution in [3.05, 3.63) is 192 Å². The molecule has 7 aromatic rings. The van der Waals surface area contributed by atoms with Crippen LogP contribution in [0, 0.1) is 0 Å². The number of hydrogen-bond donors (Lipinski definition) is 3. The molecule has 9 rings (SSSR count). The van der Waals surface area contributed by atoms with E-state index in [4.69, 9.17) is 0 Å². The van der Waals surface area contributed by atoms with E-state index in [1.165, 1.54) is 0 Å². The van der Waals surface area contributed by atoms with Gasteiger partial charge in [0.05, 0.1) is 11.8 Å². The number of amides is 4. The number of nitrogens with zero attached hydrogens (tertiary/aromatic N) is 2.